The maximum atomic E-state index is 11.7. The van der Waals surface area contributed by atoms with Crippen molar-refractivity contribution in [3.8, 4) is 0 Å². The number of nitrogens with zero attached hydrogens (tertiary/aromatic N) is 1. The fourth-order valence-corrected chi connectivity index (χ4v) is 2.08. The molecule has 0 aromatic rings. The van der Waals surface area contributed by atoms with Gasteiger partial charge in [0.25, 0.3) is 0 Å². The summed E-state index contributed by atoms with van der Waals surface area (Å²) >= 11 is 0. The van der Waals surface area contributed by atoms with E-state index in [1.165, 1.54) is 6.42 Å². The van der Waals surface area contributed by atoms with Gasteiger partial charge in [-0.2, -0.15) is 0 Å². The summed E-state index contributed by atoms with van der Waals surface area (Å²) in [6, 6.07) is 0. The molecule has 3 heteroatoms. The number of carbonyl (C=O) groups is 1. The van der Waals surface area contributed by atoms with Gasteiger partial charge in [-0.3, -0.25) is 4.79 Å². The molecule has 0 bridgehead atoms. The normalized spacial score (nSPS) is 23.9. The van der Waals surface area contributed by atoms with Crippen molar-refractivity contribution in [2.45, 2.75) is 19.3 Å². The highest BCUT2D eigenvalue weighted by Gasteiger charge is 2.35. The lowest BCUT2D eigenvalue weighted by Gasteiger charge is -2.42. The maximum Gasteiger partial charge on any atom is 0.225 e. The maximum absolute atomic E-state index is 11.7. The van der Waals surface area contributed by atoms with Gasteiger partial charge in [0.15, 0.2) is 0 Å². The molecule has 1 N–H and O–H groups in total. The number of rotatable bonds is 3. The van der Waals surface area contributed by atoms with Crippen molar-refractivity contribution < 1.29 is 4.79 Å². The Kier molecular flexibility index (Phi) is 2.54. The summed E-state index contributed by atoms with van der Waals surface area (Å²) in [5.74, 6) is 1.50. The first kappa shape index (κ1) is 9.00. The summed E-state index contributed by atoms with van der Waals surface area (Å²) in [7, 11) is 1.97. The van der Waals surface area contributed by atoms with Gasteiger partial charge < -0.3 is 10.2 Å². The number of nitrogens with one attached hydrogen (secondary N) is 1. The summed E-state index contributed by atoms with van der Waals surface area (Å²) in [5.41, 5.74) is 0. The van der Waals surface area contributed by atoms with Crippen LogP contribution in [0.4, 0.5) is 0 Å². The average Bonchev–Trinajstić information content (AvgIpc) is 1.91. The molecule has 0 atom stereocenters. The van der Waals surface area contributed by atoms with E-state index < -0.39 is 0 Å². The van der Waals surface area contributed by atoms with E-state index >= 15 is 0 Å². The highest BCUT2D eigenvalue weighted by molar-refractivity contribution is 5.80. The third-order valence-electron chi connectivity index (χ3n) is 3.22. The Morgan fingerprint density at radius 1 is 1.46 bits per heavy atom. The number of amides is 1. The van der Waals surface area contributed by atoms with Gasteiger partial charge in [-0.15, -0.1) is 0 Å². The number of carbonyl (C=O) groups excluding carboxylic acids is 1. The molecule has 2 rings (SSSR count). The Bertz CT molecular complexity index is 195. The Labute approximate surface area is 79.5 Å². The molecule has 0 unspecified atom stereocenters. The van der Waals surface area contributed by atoms with Gasteiger partial charge in [-0.25, -0.2) is 0 Å². The average molecular weight is 182 g/mol. The molecule has 13 heavy (non-hydrogen) atoms. The fourth-order valence-electron chi connectivity index (χ4n) is 2.08. The van der Waals surface area contributed by atoms with Crippen LogP contribution in [-0.2, 0) is 4.79 Å². The fraction of sp³-hybridized carbons (Fsp3) is 0.900. The monoisotopic (exact) mass is 182 g/mol. The van der Waals surface area contributed by atoms with E-state index in [1.54, 1.807) is 0 Å². The minimum absolute atomic E-state index is 0.385. The van der Waals surface area contributed by atoms with Crippen molar-refractivity contribution >= 4 is 5.91 Å². The lowest BCUT2D eigenvalue weighted by Crippen LogP contribution is -2.55. The van der Waals surface area contributed by atoms with E-state index in [0.29, 0.717) is 17.7 Å². The second-order valence-corrected chi connectivity index (χ2v) is 4.29. The summed E-state index contributed by atoms with van der Waals surface area (Å²) in [4.78, 5) is 13.7. The molecule has 1 saturated carbocycles. The van der Waals surface area contributed by atoms with Gasteiger partial charge in [-0.05, 0) is 19.9 Å². The highest BCUT2D eigenvalue weighted by atomic mass is 16.2. The van der Waals surface area contributed by atoms with Gasteiger partial charge in [0.2, 0.25) is 5.91 Å². The smallest absolute Gasteiger partial charge is 0.225 e. The third-order valence-corrected chi connectivity index (χ3v) is 3.22. The predicted molar refractivity (Wildman–Crippen MR) is 51.3 cm³/mol. The third kappa shape index (κ3) is 1.70. The summed E-state index contributed by atoms with van der Waals surface area (Å²) < 4.78 is 0. The Morgan fingerprint density at radius 3 is 2.62 bits per heavy atom. The van der Waals surface area contributed by atoms with Gasteiger partial charge in [0.1, 0.15) is 0 Å². The van der Waals surface area contributed by atoms with Gasteiger partial charge >= 0.3 is 0 Å². The molecule has 0 aromatic carbocycles. The number of likely N-dealkylation sites (tertiary alicyclic amines) is 1. The lowest BCUT2D eigenvalue weighted by atomic mass is 9.83. The lowest BCUT2D eigenvalue weighted by molar-refractivity contribution is -0.144. The molecule has 1 amide bonds. The van der Waals surface area contributed by atoms with Crippen molar-refractivity contribution in [2.24, 2.45) is 11.8 Å². The standard InChI is InChI=1S/C10H18N2O/c1-11-5-8-6-12(7-8)10(13)9-3-2-4-9/h8-9,11H,2-7H2,1H3. The molecule has 1 heterocycles. The minimum atomic E-state index is 0.385. The molecular formula is C10H18N2O. The summed E-state index contributed by atoms with van der Waals surface area (Å²) in [5, 5.41) is 3.15. The zero-order chi connectivity index (χ0) is 9.26. The van der Waals surface area contributed by atoms with Crippen LogP contribution in [0, 0.1) is 11.8 Å². The Balaban J connectivity index is 1.70. The molecular weight excluding hydrogens is 164 g/mol. The van der Waals surface area contributed by atoms with Gasteiger partial charge in [0.05, 0.1) is 0 Å². The van der Waals surface area contributed by atoms with Crippen molar-refractivity contribution in [1.82, 2.24) is 10.2 Å². The van der Waals surface area contributed by atoms with Crippen LogP contribution in [0.25, 0.3) is 0 Å². The largest absolute Gasteiger partial charge is 0.342 e. The molecule has 2 aliphatic rings. The number of hydrogen-bond acceptors (Lipinski definition) is 2. The van der Waals surface area contributed by atoms with Crippen molar-refractivity contribution in [1.29, 1.82) is 0 Å². The molecule has 2 fully saturated rings. The summed E-state index contributed by atoms with van der Waals surface area (Å²) in [6.07, 6.45) is 3.52. The van der Waals surface area contributed by atoms with E-state index in [9.17, 15) is 4.79 Å². The SMILES string of the molecule is CNCC1CN(C(=O)C2CCC2)C1. The second-order valence-electron chi connectivity index (χ2n) is 4.29. The van der Waals surface area contributed by atoms with Crippen LogP contribution in [0.2, 0.25) is 0 Å². The Morgan fingerprint density at radius 2 is 2.15 bits per heavy atom. The van der Waals surface area contributed by atoms with E-state index in [-0.39, 0.29) is 0 Å². The van der Waals surface area contributed by atoms with E-state index in [4.69, 9.17) is 0 Å². The van der Waals surface area contributed by atoms with Gasteiger partial charge in [0, 0.05) is 31.5 Å². The zero-order valence-electron chi connectivity index (χ0n) is 8.25. The van der Waals surface area contributed by atoms with Crippen molar-refractivity contribution in [3.63, 3.8) is 0 Å². The van der Waals surface area contributed by atoms with Crippen LogP contribution in [-0.4, -0.2) is 37.5 Å². The van der Waals surface area contributed by atoms with Crippen LogP contribution in [0.1, 0.15) is 19.3 Å². The first-order chi connectivity index (χ1) is 6.31. The van der Waals surface area contributed by atoms with Crippen LogP contribution >= 0.6 is 0 Å². The molecule has 74 valence electrons. The molecule has 0 aromatic heterocycles. The second kappa shape index (κ2) is 3.66. The topological polar surface area (TPSA) is 32.3 Å². The van der Waals surface area contributed by atoms with Crippen LogP contribution in [0.3, 0.4) is 0 Å². The van der Waals surface area contributed by atoms with E-state index in [1.807, 2.05) is 11.9 Å². The van der Waals surface area contributed by atoms with Crippen LogP contribution in [0.15, 0.2) is 0 Å². The number of hydrogen-bond donors (Lipinski definition) is 1. The molecule has 0 radical (unpaired) electrons. The zero-order valence-corrected chi connectivity index (χ0v) is 8.25. The van der Waals surface area contributed by atoms with Crippen LogP contribution in [0.5, 0.6) is 0 Å². The molecule has 3 nitrogen and oxygen atoms in total. The quantitative estimate of drug-likeness (QED) is 0.688. The molecule has 0 spiro atoms. The molecule has 1 aliphatic carbocycles. The highest BCUT2D eigenvalue weighted by Crippen LogP contribution is 2.30. The molecule has 1 aliphatic heterocycles. The van der Waals surface area contributed by atoms with Gasteiger partial charge in [-0.1, -0.05) is 6.42 Å². The van der Waals surface area contributed by atoms with Crippen LogP contribution < -0.4 is 5.32 Å². The van der Waals surface area contributed by atoms with Crippen molar-refractivity contribution in [3.05, 3.63) is 0 Å². The van der Waals surface area contributed by atoms with Crippen molar-refractivity contribution in [2.75, 3.05) is 26.7 Å². The van der Waals surface area contributed by atoms with E-state index in [2.05, 4.69) is 5.32 Å². The minimum Gasteiger partial charge on any atom is -0.342 e. The van der Waals surface area contributed by atoms with E-state index in [0.717, 1.165) is 32.5 Å². The first-order valence-corrected chi connectivity index (χ1v) is 5.24. The Hall–Kier alpha value is -0.570. The predicted octanol–water partition coefficient (Wildman–Crippen LogP) is 0.464. The molecule has 1 saturated heterocycles. The summed E-state index contributed by atoms with van der Waals surface area (Å²) in [6.45, 7) is 3.01. The first-order valence-electron chi connectivity index (χ1n) is 5.24.